The standard InChI is InChI=1S/C25H40O6SSi/c1-7-21-22(14-18-29-33(5,6)24(2,3)4)30-25(16-11-17-28-25)31-23(21)15-19-32(26,27)20-12-9-8-10-13-20/h7-10,12-13,21-23H,1,11,14-19H2,2-6H3/t21-,22-,23-,25?/m0/s1. The summed E-state index contributed by atoms with van der Waals surface area (Å²) in [6, 6.07) is 8.56. The van der Waals surface area contributed by atoms with Crippen molar-refractivity contribution in [1.82, 2.24) is 0 Å². The lowest BCUT2D eigenvalue weighted by molar-refractivity contribution is -0.425. The van der Waals surface area contributed by atoms with E-state index in [4.69, 9.17) is 18.6 Å². The number of benzene rings is 1. The van der Waals surface area contributed by atoms with Crippen molar-refractivity contribution in [2.75, 3.05) is 19.0 Å². The first kappa shape index (κ1) is 26.6. The molecule has 4 atom stereocenters. The largest absolute Gasteiger partial charge is 0.417 e. The van der Waals surface area contributed by atoms with Gasteiger partial charge in [-0.2, -0.15) is 0 Å². The normalized spacial score (nSPS) is 28.8. The number of hydrogen-bond acceptors (Lipinski definition) is 6. The summed E-state index contributed by atoms with van der Waals surface area (Å²) in [5.41, 5.74) is 0. The quantitative estimate of drug-likeness (QED) is 0.341. The summed E-state index contributed by atoms with van der Waals surface area (Å²) in [4.78, 5) is 0.332. The average molecular weight is 497 g/mol. The number of ether oxygens (including phenoxy) is 3. The van der Waals surface area contributed by atoms with E-state index in [1.54, 1.807) is 24.3 Å². The summed E-state index contributed by atoms with van der Waals surface area (Å²) in [5.74, 6) is -1.24. The number of hydrogen-bond donors (Lipinski definition) is 0. The molecule has 0 radical (unpaired) electrons. The highest BCUT2D eigenvalue weighted by molar-refractivity contribution is 7.91. The summed E-state index contributed by atoms with van der Waals surface area (Å²) in [5, 5.41) is 0.130. The second-order valence-electron chi connectivity index (χ2n) is 10.6. The van der Waals surface area contributed by atoms with Crippen molar-refractivity contribution in [2.24, 2.45) is 5.92 Å². The number of sulfone groups is 1. The SMILES string of the molecule is C=C[C@H]1[C@H](CCO[Si](C)(C)C(C)(C)C)OC2(CCCO2)O[C@H]1CCS(=O)(=O)c1ccccc1. The van der Waals surface area contributed by atoms with Gasteiger partial charge in [0.25, 0.3) is 5.97 Å². The Balaban J connectivity index is 1.72. The summed E-state index contributed by atoms with van der Waals surface area (Å²) >= 11 is 0. The van der Waals surface area contributed by atoms with Gasteiger partial charge in [-0.05, 0) is 49.5 Å². The van der Waals surface area contributed by atoms with Crippen molar-refractivity contribution in [1.29, 1.82) is 0 Å². The molecule has 1 aromatic carbocycles. The Morgan fingerprint density at radius 2 is 1.79 bits per heavy atom. The summed E-state index contributed by atoms with van der Waals surface area (Å²) < 4.78 is 50.7. The van der Waals surface area contributed by atoms with Crippen LogP contribution in [0.3, 0.4) is 0 Å². The minimum Gasteiger partial charge on any atom is -0.417 e. The second kappa shape index (κ2) is 10.3. The second-order valence-corrected chi connectivity index (χ2v) is 17.5. The molecule has 2 saturated heterocycles. The van der Waals surface area contributed by atoms with Gasteiger partial charge in [0.15, 0.2) is 18.2 Å². The van der Waals surface area contributed by atoms with Crippen LogP contribution in [0.1, 0.15) is 46.5 Å². The molecule has 1 spiro atoms. The molecule has 186 valence electrons. The molecule has 6 nitrogen and oxygen atoms in total. The lowest BCUT2D eigenvalue weighted by atomic mass is 9.90. The van der Waals surface area contributed by atoms with Gasteiger partial charge in [0.05, 0.1) is 29.5 Å². The van der Waals surface area contributed by atoms with E-state index in [0.29, 0.717) is 37.4 Å². The van der Waals surface area contributed by atoms with Gasteiger partial charge >= 0.3 is 0 Å². The molecule has 2 heterocycles. The van der Waals surface area contributed by atoms with Crippen LogP contribution in [0.2, 0.25) is 18.1 Å². The molecule has 0 saturated carbocycles. The highest BCUT2D eigenvalue weighted by Gasteiger charge is 2.50. The Bertz CT molecular complexity index is 887. The third kappa shape index (κ3) is 6.35. The van der Waals surface area contributed by atoms with E-state index in [1.807, 2.05) is 12.1 Å². The molecule has 1 aromatic rings. The molecule has 2 fully saturated rings. The van der Waals surface area contributed by atoms with Crippen LogP contribution in [-0.4, -0.2) is 53.9 Å². The van der Waals surface area contributed by atoms with Crippen molar-refractivity contribution in [3.63, 3.8) is 0 Å². The summed E-state index contributed by atoms with van der Waals surface area (Å²) in [6.45, 7) is 16.3. The molecule has 0 bridgehead atoms. The molecule has 33 heavy (non-hydrogen) atoms. The monoisotopic (exact) mass is 496 g/mol. The first-order valence-corrected chi connectivity index (χ1v) is 16.5. The van der Waals surface area contributed by atoms with Gasteiger partial charge in [-0.25, -0.2) is 8.42 Å². The van der Waals surface area contributed by atoms with Crippen molar-refractivity contribution in [3.8, 4) is 0 Å². The Morgan fingerprint density at radius 1 is 1.15 bits per heavy atom. The van der Waals surface area contributed by atoms with E-state index < -0.39 is 24.1 Å². The van der Waals surface area contributed by atoms with Crippen molar-refractivity contribution < 1.29 is 27.1 Å². The molecule has 0 amide bonds. The molecule has 0 aromatic heterocycles. The highest BCUT2D eigenvalue weighted by atomic mass is 32.2. The van der Waals surface area contributed by atoms with Gasteiger partial charge in [-0.1, -0.05) is 45.0 Å². The predicted octanol–water partition coefficient (Wildman–Crippen LogP) is 5.31. The third-order valence-corrected chi connectivity index (χ3v) is 13.5. The van der Waals surface area contributed by atoms with Gasteiger partial charge < -0.3 is 18.6 Å². The third-order valence-electron chi connectivity index (χ3n) is 7.19. The molecule has 0 N–H and O–H groups in total. The number of rotatable bonds is 9. The van der Waals surface area contributed by atoms with Crippen LogP contribution in [0.25, 0.3) is 0 Å². The van der Waals surface area contributed by atoms with Crippen LogP contribution in [0.15, 0.2) is 47.9 Å². The van der Waals surface area contributed by atoms with Gasteiger partial charge in [0, 0.05) is 18.9 Å². The molecule has 3 rings (SSSR count). The van der Waals surface area contributed by atoms with Crippen LogP contribution >= 0.6 is 0 Å². The zero-order chi connectivity index (χ0) is 24.3. The molecular formula is C25H40O6SSi. The van der Waals surface area contributed by atoms with Crippen LogP contribution < -0.4 is 0 Å². The highest BCUT2D eigenvalue weighted by Crippen LogP contribution is 2.42. The Labute approximate surface area is 200 Å². The summed E-state index contributed by atoms with van der Waals surface area (Å²) in [7, 11) is -5.29. The van der Waals surface area contributed by atoms with Crippen LogP contribution in [0.5, 0.6) is 0 Å². The van der Waals surface area contributed by atoms with E-state index in [9.17, 15) is 8.42 Å². The van der Waals surface area contributed by atoms with Gasteiger partial charge in [-0.3, -0.25) is 0 Å². The fourth-order valence-electron chi connectivity index (χ4n) is 4.13. The zero-order valence-corrected chi connectivity index (χ0v) is 22.5. The fraction of sp³-hybridized carbons (Fsp3) is 0.680. The maximum absolute atomic E-state index is 12.9. The van der Waals surface area contributed by atoms with Gasteiger partial charge in [0.2, 0.25) is 0 Å². The van der Waals surface area contributed by atoms with E-state index in [2.05, 4.69) is 40.4 Å². The Hall–Kier alpha value is -1.03. The maximum atomic E-state index is 12.9. The molecule has 8 heteroatoms. The zero-order valence-electron chi connectivity index (χ0n) is 20.7. The van der Waals surface area contributed by atoms with Crippen molar-refractivity contribution in [3.05, 3.63) is 43.0 Å². The van der Waals surface area contributed by atoms with E-state index >= 15 is 0 Å². The molecule has 2 aliphatic heterocycles. The molecule has 2 aliphatic rings. The summed E-state index contributed by atoms with van der Waals surface area (Å²) in [6.07, 6.45) is 3.79. The first-order valence-electron chi connectivity index (χ1n) is 11.9. The van der Waals surface area contributed by atoms with Crippen LogP contribution in [0, 0.1) is 5.92 Å². The minimum absolute atomic E-state index is 0.00467. The Morgan fingerprint density at radius 3 is 2.33 bits per heavy atom. The van der Waals surface area contributed by atoms with E-state index in [-0.39, 0.29) is 28.9 Å². The van der Waals surface area contributed by atoms with Crippen molar-refractivity contribution >= 4 is 18.2 Å². The Kier molecular flexibility index (Phi) is 8.29. The van der Waals surface area contributed by atoms with Crippen molar-refractivity contribution in [2.45, 2.75) is 87.7 Å². The predicted molar refractivity (Wildman–Crippen MR) is 132 cm³/mol. The molecular weight excluding hydrogens is 456 g/mol. The van der Waals surface area contributed by atoms with E-state index in [0.717, 1.165) is 6.42 Å². The average Bonchev–Trinajstić information content (AvgIpc) is 3.19. The topological polar surface area (TPSA) is 71.1 Å². The fourth-order valence-corrected chi connectivity index (χ4v) is 6.54. The molecule has 1 unspecified atom stereocenters. The van der Waals surface area contributed by atoms with Gasteiger partial charge in [0.1, 0.15) is 0 Å². The van der Waals surface area contributed by atoms with Crippen LogP contribution in [-0.2, 0) is 28.5 Å². The first-order chi connectivity index (χ1) is 15.4. The van der Waals surface area contributed by atoms with Crippen LogP contribution in [0.4, 0.5) is 0 Å². The lowest BCUT2D eigenvalue weighted by Crippen LogP contribution is -2.54. The van der Waals surface area contributed by atoms with Gasteiger partial charge in [-0.15, -0.1) is 6.58 Å². The smallest absolute Gasteiger partial charge is 0.283 e. The van der Waals surface area contributed by atoms with E-state index in [1.165, 1.54) is 0 Å². The maximum Gasteiger partial charge on any atom is 0.283 e. The molecule has 0 aliphatic carbocycles. The minimum atomic E-state index is -3.41. The lowest BCUT2D eigenvalue weighted by Gasteiger charge is -2.46.